The molecule has 2 aliphatic rings. The predicted octanol–water partition coefficient (Wildman–Crippen LogP) is 3.42. The molecule has 30 heavy (non-hydrogen) atoms. The highest BCUT2D eigenvalue weighted by Crippen LogP contribution is 2.38. The number of aryl methyl sites for hydroxylation is 2. The van der Waals surface area contributed by atoms with Gasteiger partial charge in [0, 0.05) is 19.2 Å². The SMILES string of the molecule is CCc1cc(=O)oc2cc(C)cc(OC(C)C(=O)N3CCCC4(CCNCC4)C3)c12. The van der Waals surface area contributed by atoms with E-state index in [1.54, 1.807) is 0 Å². The van der Waals surface area contributed by atoms with E-state index >= 15 is 0 Å². The summed E-state index contributed by atoms with van der Waals surface area (Å²) < 4.78 is 11.6. The molecule has 1 N–H and O–H groups in total. The van der Waals surface area contributed by atoms with Gasteiger partial charge in [-0.2, -0.15) is 0 Å². The van der Waals surface area contributed by atoms with Crippen LogP contribution >= 0.6 is 0 Å². The van der Waals surface area contributed by atoms with E-state index in [1.807, 2.05) is 37.8 Å². The standard InChI is InChI=1S/C24H32N2O4/c1-4-18-14-21(27)30-20-13-16(2)12-19(22(18)20)29-17(3)23(28)26-11-5-6-24(15-26)7-9-25-10-8-24/h12-14,17,25H,4-11,15H2,1-3H3. The lowest BCUT2D eigenvalue weighted by Crippen LogP contribution is -2.52. The number of ether oxygens (including phenoxy) is 1. The largest absolute Gasteiger partial charge is 0.480 e. The van der Waals surface area contributed by atoms with Crippen LogP contribution in [0.4, 0.5) is 0 Å². The van der Waals surface area contributed by atoms with E-state index in [4.69, 9.17) is 9.15 Å². The molecule has 0 aliphatic carbocycles. The van der Waals surface area contributed by atoms with Gasteiger partial charge >= 0.3 is 5.63 Å². The number of nitrogens with one attached hydrogen (secondary N) is 1. The number of carbonyl (C=O) groups excluding carboxylic acids is 1. The molecule has 2 fully saturated rings. The van der Waals surface area contributed by atoms with Crippen LogP contribution in [-0.2, 0) is 11.2 Å². The minimum Gasteiger partial charge on any atom is -0.480 e. The van der Waals surface area contributed by atoms with Gasteiger partial charge in [0.2, 0.25) is 0 Å². The lowest BCUT2D eigenvalue weighted by atomic mass is 9.73. The van der Waals surface area contributed by atoms with Crippen molar-refractivity contribution in [1.82, 2.24) is 10.2 Å². The molecule has 2 aromatic rings. The highest BCUT2D eigenvalue weighted by Gasteiger charge is 2.39. The van der Waals surface area contributed by atoms with Crippen LogP contribution in [0.3, 0.4) is 0 Å². The highest BCUT2D eigenvalue weighted by molar-refractivity contribution is 5.88. The van der Waals surface area contributed by atoms with Gasteiger partial charge in [0.05, 0.1) is 5.39 Å². The smallest absolute Gasteiger partial charge is 0.336 e. The van der Waals surface area contributed by atoms with Crippen molar-refractivity contribution < 1.29 is 13.9 Å². The molecule has 4 rings (SSSR count). The first kappa shape index (κ1) is 20.9. The Labute approximate surface area is 177 Å². The maximum Gasteiger partial charge on any atom is 0.336 e. The van der Waals surface area contributed by atoms with Crippen LogP contribution in [0.5, 0.6) is 5.75 Å². The number of fused-ring (bicyclic) bond motifs is 1. The molecular formula is C24H32N2O4. The lowest BCUT2D eigenvalue weighted by Gasteiger charge is -2.45. The van der Waals surface area contributed by atoms with E-state index in [0.29, 0.717) is 17.8 Å². The van der Waals surface area contributed by atoms with Gasteiger partial charge in [-0.1, -0.05) is 6.92 Å². The number of rotatable bonds is 4. The van der Waals surface area contributed by atoms with Crippen LogP contribution in [0.1, 0.15) is 50.7 Å². The third-order valence-electron chi connectivity index (χ3n) is 6.70. The average Bonchev–Trinajstić information content (AvgIpc) is 2.72. The Morgan fingerprint density at radius 1 is 1.27 bits per heavy atom. The molecule has 1 aromatic heterocycles. The number of hydrogen-bond acceptors (Lipinski definition) is 5. The summed E-state index contributed by atoms with van der Waals surface area (Å²) in [5.74, 6) is 0.651. The maximum absolute atomic E-state index is 13.3. The zero-order chi connectivity index (χ0) is 21.3. The summed E-state index contributed by atoms with van der Waals surface area (Å²) in [6.45, 7) is 9.45. The Morgan fingerprint density at radius 2 is 2.03 bits per heavy atom. The summed E-state index contributed by atoms with van der Waals surface area (Å²) >= 11 is 0. The van der Waals surface area contributed by atoms with Crippen molar-refractivity contribution in [2.75, 3.05) is 26.2 Å². The second-order valence-electron chi connectivity index (χ2n) is 8.95. The first-order valence-electron chi connectivity index (χ1n) is 11.1. The second-order valence-corrected chi connectivity index (χ2v) is 8.95. The van der Waals surface area contributed by atoms with Crippen LogP contribution in [0.15, 0.2) is 27.4 Å². The number of piperidine rings is 2. The molecule has 1 atom stereocenters. The molecule has 2 aliphatic heterocycles. The summed E-state index contributed by atoms with van der Waals surface area (Å²) in [6, 6.07) is 5.29. The van der Waals surface area contributed by atoms with E-state index < -0.39 is 6.10 Å². The van der Waals surface area contributed by atoms with Gasteiger partial charge < -0.3 is 19.4 Å². The third-order valence-corrected chi connectivity index (χ3v) is 6.70. The van der Waals surface area contributed by atoms with E-state index in [2.05, 4.69) is 5.32 Å². The molecule has 1 aromatic carbocycles. The number of benzene rings is 1. The quantitative estimate of drug-likeness (QED) is 0.779. The van der Waals surface area contributed by atoms with E-state index in [-0.39, 0.29) is 16.9 Å². The number of nitrogens with zero attached hydrogens (tertiary/aromatic N) is 1. The highest BCUT2D eigenvalue weighted by atomic mass is 16.5. The van der Waals surface area contributed by atoms with Crippen LogP contribution in [0, 0.1) is 12.3 Å². The molecule has 0 saturated carbocycles. The molecule has 3 heterocycles. The fourth-order valence-electron chi connectivity index (χ4n) is 5.10. The minimum atomic E-state index is -0.594. The van der Waals surface area contributed by atoms with Gasteiger partial charge in [0.1, 0.15) is 11.3 Å². The number of hydrogen-bond donors (Lipinski definition) is 1. The van der Waals surface area contributed by atoms with Gasteiger partial charge in [-0.05, 0) is 87.7 Å². The van der Waals surface area contributed by atoms with Crippen molar-refractivity contribution in [2.45, 2.75) is 59.0 Å². The zero-order valence-corrected chi connectivity index (χ0v) is 18.3. The first-order chi connectivity index (χ1) is 14.4. The molecule has 6 nitrogen and oxygen atoms in total. The van der Waals surface area contributed by atoms with Crippen molar-refractivity contribution in [3.05, 3.63) is 39.7 Å². The maximum atomic E-state index is 13.3. The molecule has 0 radical (unpaired) electrons. The van der Waals surface area contributed by atoms with Gasteiger partial charge in [0.15, 0.2) is 6.10 Å². The van der Waals surface area contributed by atoms with E-state index in [9.17, 15) is 9.59 Å². The van der Waals surface area contributed by atoms with Crippen LogP contribution in [-0.4, -0.2) is 43.1 Å². The Balaban J connectivity index is 1.57. The van der Waals surface area contributed by atoms with Crippen LogP contribution in [0.25, 0.3) is 11.0 Å². The topological polar surface area (TPSA) is 71.8 Å². The summed E-state index contributed by atoms with van der Waals surface area (Å²) in [4.78, 5) is 27.2. The lowest BCUT2D eigenvalue weighted by molar-refractivity contribution is -0.142. The first-order valence-corrected chi connectivity index (χ1v) is 11.1. The summed E-state index contributed by atoms with van der Waals surface area (Å²) in [7, 11) is 0. The van der Waals surface area contributed by atoms with Crippen molar-refractivity contribution in [1.29, 1.82) is 0 Å². The molecule has 1 unspecified atom stereocenters. The predicted molar refractivity (Wildman–Crippen MR) is 117 cm³/mol. The van der Waals surface area contributed by atoms with Gasteiger partial charge in [-0.15, -0.1) is 0 Å². The zero-order valence-electron chi connectivity index (χ0n) is 18.3. The average molecular weight is 413 g/mol. The molecule has 1 spiro atoms. The monoisotopic (exact) mass is 412 g/mol. The van der Waals surface area contributed by atoms with Gasteiger partial charge in [-0.3, -0.25) is 4.79 Å². The van der Waals surface area contributed by atoms with E-state index in [0.717, 1.165) is 62.0 Å². The molecule has 1 amide bonds. The number of amides is 1. The molecule has 6 heteroatoms. The Morgan fingerprint density at radius 3 is 2.77 bits per heavy atom. The summed E-state index contributed by atoms with van der Waals surface area (Å²) in [5.41, 5.74) is 2.22. The fourth-order valence-corrected chi connectivity index (χ4v) is 5.10. The van der Waals surface area contributed by atoms with E-state index in [1.165, 1.54) is 12.5 Å². The molecular weight excluding hydrogens is 380 g/mol. The van der Waals surface area contributed by atoms with Crippen molar-refractivity contribution in [3.63, 3.8) is 0 Å². The van der Waals surface area contributed by atoms with Crippen molar-refractivity contribution >= 4 is 16.9 Å². The van der Waals surface area contributed by atoms with Crippen LogP contribution in [0.2, 0.25) is 0 Å². The molecule has 2 saturated heterocycles. The molecule has 162 valence electrons. The van der Waals surface area contributed by atoms with Gasteiger partial charge in [-0.25, -0.2) is 4.79 Å². The minimum absolute atomic E-state index is 0.0395. The van der Waals surface area contributed by atoms with Crippen molar-refractivity contribution in [3.8, 4) is 5.75 Å². The summed E-state index contributed by atoms with van der Waals surface area (Å²) in [5, 5.41) is 4.22. The van der Waals surface area contributed by atoms with Crippen molar-refractivity contribution in [2.24, 2.45) is 5.41 Å². The number of likely N-dealkylation sites (tertiary alicyclic amines) is 1. The second kappa shape index (κ2) is 8.42. The van der Waals surface area contributed by atoms with Gasteiger partial charge in [0.25, 0.3) is 5.91 Å². The Hall–Kier alpha value is -2.34. The van der Waals surface area contributed by atoms with Crippen LogP contribution < -0.4 is 15.7 Å². The number of carbonyl (C=O) groups is 1. The summed E-state index contributed by atoms with van der Waals surface area (Å²) in [6.07, 6.45) is 4.61. The normalized spacial score (nSPS) is 19.8. The third kappa shape index (κ3) is 4.10. The fraction of sp³-hybridized carbons (Fsp3) is 0.583. The molecule has 0 bridgehead atoms. The Kier molecular flexibility index (Phi) is 5.87. The Bertz CT molecular complexity index is 985.